The Morgan fingerprint density at radius 1 is 0.821 bits per heavy atom. The summed E-state index contributed by atoms with van der Waals surface area (Å²) < 4.78 is 5.27. The number of rotatable bonds is 9. The number of hydrazone groups is 1. The van der Waals surface area contributed by atoms with Gasteiger partial charge in [-0.3, -0.25) is 4.90 Å². The van der Waals surface area contributed by atoms with E-state index in [0.29, 0.717) is 31.8 Å². The van der Waals surface area contributed by atoms with Crippen LogP contribution in [0.25, 0.3) is 17.2 Å². The highest BCUT2D eigenvalue weighted by atomic mass is 16.5. The summed E-state index contributed by atoms with van der Waals surface area (Å²) in [6.07, 6.45) is 4.61. The van der Waals surface area contributed by atoms with Gasteiger partial charge in [-0.25, -0.2) is 9.80 Å². The molecule has 0 saturated carbocycles. The van der Waals surface area contributed by atoms with Crippen molar-refractivity contribution in [3.05, 3.63) is 126 Å². The molecule has 4 aromatic carbocycles. The first-order valence-corrected chi connectivity index (χ1v) is 13.1. The summed E-state index contributed by atoms with van der Waals surface area (Å²) in [4.78, 5) is 15.7. The molecule has 4 aromatic rings. The van der Waals surface area contributed by atoms with Gasteiger partial charge < -0.3 is 10.5 Å². The molecule has 0 unspecified atom stereocenters. The van der Waals surface area contributed by atoms with Crippen molar-refractivity contribution >= 4 is 23.5 Å². The molecule has 6 heteroatoms. The van der Waals surface area contributed by atoms with E-state index in [1.807, 2.05) is 78.9 Å². The lowest BCUT2D eigenvalue weighted by atomic mass is 10.0. The van der Waals surface area contributed by atoms with Crippen molar-refractivity contribution in [1.29, 1.82) is 0 Å². The molecule has 0 spiro atoms. The van der Waals surface area contributed by atoms with E-state index >= 15 is 0 Å². The van der Waals surface area contributed by atoms with Gasteiger partial charge in [0, 0.05) is 12.1 Å². The van der Waals surface area contributed by atoms with Crippen molar-refractivity contribution < 1.29 is 9.53 Å². The van der Waals surface area contributed by atoms with Crippen LogP contribution in [0.4, 0.5) is 10.5 Å². The fourth-order valence-corrected chi connectivity index (χ4v) is 4.56. The second-order valence-electron chi connectivity index (χ2n) is 9.31. The molecule has 0 fully saturated rings. The van der Waals surface area contributed by atoms with Crippen LogP contribution in [0.3, 0.4) is 0 Å². The molecule has 0 saturated heterocycles. The van der Waals surface area contributed by atoms with E-state index in [4.69, 9.17) is 15.6 Å². The van der Waals surface area contributed by atoms with Gasteiger partial charge in [-0.2, -0.15) is 5.10 Å². The molecule has 2 amide bonds. The smallest absolute Gasteiger partial charge is 0.345 e. The summed E-state index contributed by atoms with van der Waals surface area (Å²) in [7, 11) is 1.65. The van der Waals surface area contributed by atoms with Gasteiger partial charge >= 0.3 is 6.03 Å². The first-order chi connectivity index (χ1) is 19.2. The van der Waals surface area contributed by atoms with Crippen LogP contribution in [0.15, 0.2) is 114 Å². The van der Waals surface area contributed by atoms with Crippen molar-refractivity contribution in [2.75, 3.05) is 25.1 Å². The van der Waals surface area contributed by atoms with E-state index in [1.54, 1.807) is 17.0 Å². The highest BCUT2D eigenvalue weighted by Gasteiger charge is 2.29. The number of methoxy groups -OCH3 is 1. The Morgan fingerprint density at radius 3 is 2.23 bits per heavy atom. The Morgan fingerprint density at radius 2 is 1.51 bits per heavy atom. The van der Waals surface area contributed by atoms with Crippen LogP contribution in [0.5, 0.6) is 5.75 Å². The highest BCUT2D eigenvalue weighted by Crippen LogP contribution is 2.29. The van der Waals surface area contributed by atoms with E-state index in [-0.39, 0.29) is 6.03 Å². The van der Waals surface area contributed by atoms with Crippen LogP contribution >= 0.6 is 0 Å². The fraction of sp³-hybridized carbons (Fsp3) is 0.152. The monoisotopic (exact) mass is 516 g/mol. The van der Waals surface area contributed by atoms with Gasteiger partial charge in [0.25, 0.3) is 0 Å². The lowest BCUT2D eigenvalue weighted by molar-refractivity contribution is 0.206. The third kappa shape index (κ3) is 6.08. The molecular weight excluding hydrogens is 484 g/mol. The maximum absolute atomic E-state index is 13.9. The summed E-state index contributed by atoms with van der Waals surface area (Å²) in [5, 5.41) is 6.36. The van der Waals surface area contributed by atoms with E-state index < -0.39 is 0 Å². The first-order valence-electron chi connectivity index (χ1n) is 13.1. The molecule has 0 radical (unpaired) electrons. The largest absolute Gasteiger partial charge is 0.497 e. The number of nitrogens with two attached hydrogens (primary N) is 1. The summed E-state index contributed by atoms with van der Waals surface area (Å²) >= 11 is 0. The molecule has 0 bridgehead atoms. The van der Waals surface area contributed by atoms with E-state index in [1.165, 1.54) is 0 Å². The summed E-state index contributed by atoms with van der Waals surface area (Å²) in [6.45, 7) is 1.34. The van der Waals surface area contributed by atoms with Crippen molar-refractivity contribution in [3.8, 4) is 16.9 Å². The highest BCUT2D eigenvalue weighted by molar-refractivity contribution is 6.17. The Balaban J connectivity index is 1.48. The zero-order valence-corrected chi connectivity index (χ0v) is 22.0. The zero-order valence-electron chi connectivity index (χ0n) is 22.0. The van der Waals surface area contributed by atoms with E-state index in [9.17, 15) is 4.79 Å². The molecule has 0 aromatic heterocycles. The number of nitrogens with zero attached hydrogens (tertiary/aromatic N) is 3. The van der Waals surface area contributed by atoms with Gasteiger partial charge in [-0.15, -0.1) is 0 Å². The number of benzene rings is 4. The SMILES string of the molecule is COc1ccc(/C=C/C2=NN(CCCN)C(=O)N(Cc3ccc(-c4ccccc4)cc3)c3ccccc32)cc1. The van der Waals surface area contributed by atoms with Gasteiger partial charge in [0.2, 0.25) is 0 Å². The quantitative estimate of drug-likeness (QED) is 0.273. The number of carbonyl (C=O) groups is 1. The Labute approximate surface area is 229 Å². The molecule has 1 heterocycles. The lowest BCUT2D eigenvalue weighted by Crippen LogP contribution is -2.40. The molecule has 1 aliphatic heterocycles. The average Bonchev–Trinajstić information content (AvgIpc) is 3.10. The topological polar surface area (TPSA) is 71.2 Å². The van der Waals surface area contributed by atoms with Gasteiger partial charge in [-0.05, 0) is 59.5 Å². The molecule has 6 nitrogen and oxygen atoms in total. The van der Waals surface area contributed by atoms with Crippen LogP contribution in [0.2, 0.25) is 0 Å². The van der Waals surface area contributed by atoms with Crippen molar-refractivity contribution in [3.63, 3.8) is 0 Å². The summed E-state index contributed by atoms with van der Waals surface area (Å²) in [6, 6.07) is 34.2. The molecule has 2 N–H and O–H groups in total. The molecule has 0 aliphatic carbocycles. The standard InChI is InChI=1S/C33H32N4O2/c1-39-29-19-14-25(15-20-29)16-21-31-30-10-5-6-11-32(30)36(33(38)37(35-31)23-7-22-34)24-26-12-17-28(18-13-26)27-8-3-2-4-9-27/h2-6,8-21H,7,22-24,34H2,1H3/b21-16+. The lowest BCUT2D eigenvalue weighted by Gasteiger charge is -2.26. The molecule has 0 atom stereocenters. The number of hydrogen-bond acceptors (Lipinski definition) is 4. The third-order valence-corrected chi connectivity index (χ3v) is 6.68. The van der Waals surface area contributed by atoms with E-state index in [2.05, 4.69) is 36.4 Å². The van der Waals surface area contributed by atoms with Gasteiger partial charge in [-0.1, -0.05) is 91.0 Å². The summed E-state index contributed by atoms with van der Waals surface area (Å²) in [5.41, 5.74) is 12.6. The number of para-hydroxylation sites is 1. The number of amides is 2. The minimum Gasteiger partial charge on any atom is -0.497 e. The van der Waals surface area contributed by atoms with Crippen molar-refractivity contribution in [2.24, 2.45) is 10.8 Å². The van der Waals surface area contributed by atoms with Gasteiger partial charge in [0.05, 0.1) is 25.1 Å². The first kappa shape index (κ1) is 25.9. The molecule has 196 valence electrons. The van der Waals surface area contributed by atoms with Crippen LogP contribution in [-0.4, -0.2) is 37.0 Å². The van der Waals surface area contributed by atoms with Gasteiger partial charge in [0.1, 0.15) is 5.75 Å². The maximum Gasteiger partial charge on any atom is 0.345 e. The molecule has 39 heavy (non-hydrogen) atoms. The molecule has 5 rings (SSSR count). The van der Waals surface area contributed by atoms with E-state index in [0.717, 1.165) is 39.3 Å². The van der Waals surface area contributed by atoms with Crippen molar-refractivity contribution in [2.45, 2.75) is 13.0 Å². The second-order valence-corrected chi connectivity index (χ2v) is 9.31. The number of hydrogen-bond donors (Lipinski definition) is 1. The fourth-order valence-electron chi connectivity index (χ4n) is 4.56. The third-order valence-electron chi connectivity index (χ3n) is 6.68. The second kappa shape index (κ2) is 12.2. The van der Waals surface area contributed by atoms with Crippen molar-refractivity contribution in [1.82, 2.24) is 5.01 Å². The molecular formula is C33H32N4O2. The number of allylic oxidation sites excluding steroid dienone is 1. The Bertz CT molecular complexity index is 1460. The Hall–Kier alpha value is -4.68. The number of ether oxygens (including phenoxy) is 1. The average molecular weight is 517 g/mol. The van der Waals surface area contributed by atoms with Crippen LogP contribution in [0.1, 0.15) is 23.1 Å². The Kier molecular flexibility index (Phi) is 8.15. The van der Waals surface area contributed by atoms with Crippen LogP contribution < -0.4 is 15.4 Å². The number of carbonyl (C=O) groups excluding carboxylic acids is 1. The predicted octanol–water partition coefficient (Wildman–Crippen LogP) is 6.57. The van der Waals surface area contributed by atoms with Gasteiger partial charge in [0.15, 0.2) is 0 Å². The normalized spacial score (nSPS) is 13.3. The number of anilines is 1. The van der Waals surface area contributed by atoms with Crippen LogP contribution in [0, 0.1) is 0 Å². The predicted molar refractivity (Wildman–Crippen MR) is 159 cm³/mol. The summed E-state index contributed by atoms with van der Waals surface area (Å²) in [5.74, 6) is 0.801. The zero-order chi connectivity index (χ0) is 27.0. The number of urea groups is 1. The number of fused-ring (bicyclic) bond motifs is 1. The maximum atomic E-state index is 13.9. The molecule has 1 aliphatic rings. The van der Waals surface area contributed by atoms with Crippen LogP contribution in [-0.2, 0) is 6.54 Å². The minimum atomic E-state index is -0.170. The minimum absolute atomic E-state index is 0.170.